The highest BCUT2D eigenvalue weighted by molar-refractivity contribution is 7.89. The number of nitrogens with one attached hydrogen (secondary N) is 1. The smallest absolute Gasteiger partial charge is 0.256 e. The van der Waals surface area contributed by atoms with E-state index in [0.29, 0.717) is 24.2 Å². The molecule has 0 spiro atoms. The van der Waals surface area contributed by atoms with E-state index in [2.05, 4.69) is 5.32 Å². The number of benzene rings is 2. The van der Waals surface area contributed by atoms with Gasteiger partial charge in [-0.3, -0.25) is 9.59 Å². The number of carbonyl (C=O) groups excluding carboxylic acids is 2. The summed E-state index contributed by atoms with van der Waals surface area (Å²) in [7, 11) is -0.403. The number of rotatable bonds is 5. The van der Waals surface area contributed by atoms with E-state index in [1.165, 1.54) is 33.5 Å². The Morgan fingerprint density at radius 1 is 1.03 bits per heavy atom. The number of carbonyl (C=O) groups is 2. The average molecular weight is 464 g/mol. The molecule has 3 rings (SSSR count). The van der Waals surface area contributed by atoms with E-state index in [1.54, 1.807) is 33.2 Å². The minimum atomic E-state index is -3.67. The molecule has 166 valence electrons. The van der Waals surface area contributed by atoms with Gasteiger partial charge >= 0.3 is 0 Å². The molecular formula is C22H26ClN3O4S. The molecule has 31 heavy (non-hydrogen) atoms. The van der Waals surface area contributed by atoms with Crippen LogP contribution in [0.25, 0.3) is 0 Å². The van der Waals surface area contributed by atoms with Crippen LogP contribution < -0.4 is 5.32 Å². The zero-order valence-electron chi connectivity index (χ0n) is 17.8. The normalized spacial score (nSPS) is 14.8. The first-order chi connectivity index (χ1) is 14.6. The Labute approximate surface area is 188 Å². The van der Waals surface area contributed by atoms with Crippen LogP contribution in [0.4, 0.5) is 5.69 Å². The van der Waals surface area contributed by atoms with E-state index in [1.807, 2.05) is 0 Å². The summed E-state index contributed by atoms with van der Waals surface area (Å²) in [5.74, 6) is -0.720. The first-order valence-corrected chi connectivity index (χ1v) is 11.9. The van der Waals surface area contributed by atoms with Gasteiger partial charge in [0, 0.05) is 38.3 Å². The molecule has 0 saturated carbocycles. The third-order valence-corrected chi connectivity index (χ3v) is 7.50. The van der Waals surface area contributed by atoms with Crippen LogP contribution in [0.1, 0.15) is 45.5 Å². The second-order valence-corrected chi connectivity index (χ2v) is 10.1. The van der Waals surface area contributed by atoms with Gasteiger partial charge in [0.15, 0.2) is 0 Å². The molecule has 1 saturated heterocycles. The van der Waals surface area contributed by atoms with Crippen LogP contribution in [0.3, 0.4) is 0 Å². The van der Waals surface area contributed by atoms with Gasteiger partial charge in [-0.15, -0.1) is 0 Å². The Bertz CT molecular complexity index is 1110. The number of halogens is 1. The number of aryl methyl sites for hydroxylation is 1. The molecule has 0 unspecified atom stereocenters. The van der Waals surface area contributed by atoms with E-state index < -0.39 is 15.9 Å². The second kappa shape index (κ2) is 9.38. The molecule has 1 N–H and O–H groups in total. The van der Waals surface area contributed by atoms with Crippen molar-refractivity contribution in [1.29, 1.82) is 0 Å². The van der Waals surface area contributed by atoms with Crippen molar-refractivity contribution < 1.29 is 18.0 Å². The number of hydrogen-bond donors (Lipinski definition) is 1. The topological polar surface area (TPSA) is 86.8 Å². The Kier molecular flexibility index (Phi) is 7.03. The molecule has 2 amide bonds. The first kappa shape index (κ1) is 23.2. The molecule has 0 aromatic heterocycles. The van der Waals surface area contributed by atoms with Crippen molar-refractivity contribution in [3.63, 3.8) is 0 Å². The van der Waals surface area contributed by atoms with Crippen molar-refractivity contribution in [3.05, 3.63) is 58.1 Å². The van der Waals surface area contributed by atoms with Crippen molar-refractivity contribution in [2.75, 3.05) is 32.5 Å². The van der Waals surface area contributed by atoms with Crippen LogP contribution >= 0.6 is 11.6 Å². The number of piperidine rings is 1. The van der Waals surface area contributed by atoms with Gasteiger partial charge in [-0.25, -0.2) is 8.42 Å². The lowest BCUT2D eigenvalue weighted by atomic mass is 10.1. The summed E-state index contributed by atoms with van der Waals surface area (Å²) in [4.78, 5) is 26.7. The predicted molar refractivity (Wildman–Crippen MR) is 121 cm³/mol. The van der Waals surface area contributed by atoms with E-state index in [4.69, 9.17) is 11.6 Å². The molecule has 1 heterocycles. The molecule has 7 nitrogen and oxygen atoms in total. The van der Waals surface area contributed by atoms with Crippen LogP contribution in [0.15, 0.2) is 41.3 Å². The van der Waals surface area contributed by atoms with Crippen LogP contribution in [0.5, 0.6) is 0 Å². The minimum Gasteiger partial charge on any atom is -0.345 e. The van der Waals surface area contributed by atoms with Crippen LogP contribution in [0.2, 0.25) is 5.02 Å². The summed E-state index contributed by atoms with van der Waals surface area (Å²) >= 11 is 6.22. The molecule has 1 aliphatic rings. The third-order valence-electron chi connectivity index (χ3n) is 5.27. The van der Waals surface area contributed by atoms with E-state index >= 15 is 0 Å². The second-order valence-electron chi connectivity index (χ2n) is 7.79. The van der Waals surface area contributed by atoms with Crippen molar-refractivity contribution >= 4 is 39.1 Å². The van der Waals surface area contributed by atoms with Gasteiger partial charge in [-0.2, -0.15) is 4.31 Å². The van der Waals surface area contributed by atoms with Gasteiger partial charge in [0.25, 0.3) is 11.8 Å². The minimum absolute atomic E-state index is 0.0905. The van der Waals surface area contributed by atoms with Crippen LogP contribution in [0, 0.1) is 6.92 Å². The Hall–Kier alpha value is -2.42. The number of hydrogen-bond acceptors (Lipinski definition) is 4. The number of amides is 2. The molecule has 1 aliphatic heterocycles. The molecule has 2 aromatic rings. The van der Waals surface area contributed by atoms with Crippen molar-refractivity contribution in [2.24, 2.45) is 0 Å². The van der Waals surface area contributed by atoms with Crippen molar-refractivity contribution in [3.8, 4) is 0 Å². The fraction of sp³-hybridized carbons (Fsp3) is 0.364. The highest BCUT2D eigenvalue weighted by Crippen LogP contribution is 2.26. The largest absolute Gasteiger partial charge is 0.345 e. The zero-order valence-corrected chi connectivity index (χ0v) is 19.4. The number of sulfonamides is 1. The quantitative estimate of drug-likeness (QED) is 0.731. The molecule has 9 heteroatoms. The maximum Gasteiger partial charge on any atom is 0.256 e. The van der Waals surface area contributed by atoms with E-state index in [9.17, 15) is 18.0 Å². The highest BCUT2D eigenvalue weighted by atomic mass is 35.5. The lowest BCUT2D eigenvalue weighted by Gasteiger charge is -2.26. The highest BCUT2D eigenvalue weighted by Gasteiger charge is 2.27. The zero-order chi connectivity index (χ0) is 22.8. The fourth-order valence-corrected chi connectivity index (χ4v) is 5.17. The van der Waals surface area contributed by atoms with Gasteiger partial charge in [0.05, 0.1) is 15.6 Å². The number of nitrogens with zero attached hydrogens (tertiary/aromatic N) is 2. The Balaban J connectivity index is 1.90. The molecular weight excluding hydrogens is 438 g/mol. The SMILES string of the molecule is Cc1ccc(S(=O)(=O)N2CCCCC2)cc1C(=O)Nc1cc(C(=O)N(C)C)ccc1Cl. The van der Waals surface area contributed by atoms with Crippen molar-refractivity contribution in [2.45, 2.75) is 31.1 Å². The molecule has 0 atom stereocenters. The van der Waals surface area contributed by atoms with Gasteiger partial charge in [0.2, 0.25) is 10.0 Å². The molecule has 1 fully saturated rings. The summed E-state index contributed by atoms with van der Waals surface area (Å²) in [6.07, 6.45) is 2.68. The molecule has 0 radical (unpaired) electrons. The summed E-state index contributed by atoms with van der Waals surface area (Å²) in [6, 6.07) is 9.18. The summed E-state index contributed by atoms with van der Waals surface area (Å²) < 4.78 is 27.5. The van der Waals surface area contributed by atoms with E-state index in [0.717, 1.165) is 19.3 Å². The maximum atomic E-state index is 13.0. The third kappa shape index (κ3) is 5.08. The first-order valence-electron chi connectivity index (χ1n) is 10.0. The Morgan fingerprint density at radius 3 is 2.35 bits per heavy atom. The maximum absolute atomic E-state index is 13.0. The standard InChI is InChI=1S/C22H26ClN3O4S/c1-15-7-9-17(31(29,30)26-11-5-4-6-12-26)14-18(15)21(27)24-20-13-16(8-10-19(20)23)22(28)25(2)3/h7-10,13-14H,4-6,11-12H2,1-3H3,(H,24,27). The predicted octanol–water partition coefficient (Wildman–Crippen LogP) is 3.78. The van der Waals surface area contributed by atoms with Crippen LogP contribution in [-0.2, 0) is 10.0 Å². The fourth-order valence-electron chi connectivity index (χ4n) is 3.46. The Morgan fingerprint density at radius 2 is 1.71 bits per heavy atom. The average Bonchev–Trinajstić information content (AvgIpc) is 2.75. The number of anilines is 1. The van der Waals surface area contributed by atoms with Gasteiger partial charge in [0.1, 0.15) is 0 Å². The summed E-state index contributed by atoms with van der Waals surface area (Å²) in [5, 5.41) is 2.99. The summed E-state index contributed by atoms with van der Waals surface area (Å²) in [5.41, 5.74) is 1.52. The van der Waals surface area contributed by atoms with Crippen LogP contribution in [-0.4, -0.2) is 56.6 Å². The van der Waals surface area contributed by atoms with Gasteiger partial charge in [-0.1, -0.05) is 24.1 Å². The van der Waals surface area contributed by atoms with Gasteiger partial charge < -0.3 is 10.2 Å². The lowest BCUT2D eigenvalue weighted by Crippen LogP contribution is -2.35. The van der Waals surface area contributed by atoms with Crippen molar-refractivity contribution in [1.82, 2.24) is 9.21 Å². The molecule has 0 aliphatic carbocycles. The molecule has 2 aromatic carbocycles. The summed E-state index contributed by atoms with van der Waals surface area (Å²) in [6.45, 7) is 2.71. The van der Waals surface area contributed by atoms with Gasteiger partial charge in [-0.05, 0) is 55.7 Å². The molecule has 0 bridgehead atoms. The lowest BCUT2D eigenvalue weighted by molar-refractivity contribution is 0.0827. The monoisotopic (exact) mass is 463 g/mol. The van der Waals surface area contributed by atoms with E-state index in [-0.39, 0.29) is 27.1 Å².